The van der Waals surface area contributed by atoms with E-state index in [0.717, 1.165) is 5.56 Å². The molecule has 1 unspecified atom stereocenters. The molecule has 2 aromatic rings. The fourth-order valence-corrected chi connectivity index (χ4v) is 3.02. The predicted molar refractivity (Wildman–Crippen MR) is 103 cm³/mol. The van der Waals surface area contributed by atoms with Crippen LogP contribution in [0.5, 0.6) is 11.5 Å². The second-order valence-electron chi connectivity index (χ2n) is 5.67. The van der Waals surface area contributed by atoms with Crippen LogP contribution >= 0.6 is 11.8 Å². The molecule has 0 bridgehead atoms. The molecule has 1 saturated heterocycles. The molecule has 1 atom stereocenters. The summed E-state index contributed by atoms with van der Waals surface area (Å²) in [5.74, 6) is -0.712. The number of thioether (sulfide) groups is 1. The van der Waals surface area contributed by atoms with Gasteiger partial charge in [-0.15, -0.1) is 0 Å². The third-order valence-corrected chi connectivity index (χ3v) is 4.48. The maximum atomic E-state index is 12.1. The van der Waals surface area contributed by atoms with Gasteiger partial charge in [0.25, 0.3) is 5.91 Å². The second kappa shape index (κ2) is 7.96. The number of amidine groups is 1. The van der Waals surface area contributed by atoms with Gasteiger partial charge in [0.15, 0.2) is 11.3 Å². The number of benzene rings is 2. The van der Waals surface area contributed by atoms with Gasteiger partial charge in [0.1, 0.15) is 11.5 Å². The number of carbonyl (C=O) groups excluding carboxylic acids is 1. The molecule has 1 amide bonds. The molecule has 3 rings (SSSR count). The smallest absolute Gasteiger partial charge is 0.344 e. The predicted octanol–water partition coefficient (Wildman–Crippen LogP) is 3.14. The van der Waals surface area contributed by atoms with Gasteiger partial charge in [0.2, 0.25) is 0 Å². The van der Waals surface area contributed by atoms with E-state index >= 15 is 0 Å². The minimum Gasteiger partial charge on any atom is -0.508 e. The van der Waals surface area contributed by atoms with Gasteiger partial charge >= 0.3 is 5.97 Å². The first-order chi connectivity index (χ1) is 12.9. The molecule has 0 spiro atoms. The Morgan fingerprint density at radius 3 is 2.48 bits per heavy atom. The van der Waals surface area contributed by atoms with Crippen molar-refractivity contribution in [3.8, 4) is 11.5 Å². The minimum atomic E-state index is -1.04. The first kappa shape index (κ1) is 18.5. The lowest BCUT2D eigenvalue weighted by molar-refractivity contribution is -0.144. The number of phenolic OH excluding ortho intramolecular Hbond substituents is 1. The quantitative estimate of drug-likeness (QED) is 0.684. The maximum Gasteiger partial charge on any atom is 0.344 e. The maximum absolute atomic E-state index is 12.1. The summed E-state index contributed by atoms with van der Waals surface area (Å²) in [4.78, 5) is 27.7. The lowest BCUT2D eigenvalue weighted by atomic mass is 10.2. The Bertz CT molecular complexity index is 920. The number of phenols is 1. The van der Waals surface area contributed by atoms with Crippen LogP contribution in [0.15, 0.2) is 58.4 Å². The van der Waals surface area contributed by atoms with Crippen LogP contribution in [0.1, 0.15) is 12.5 Å². The number of nitrogens with one attached hydrogen (secondary N) is 1. The summed E-state index contributed by atoms with van der Waals surface area (Å²) >= 11 is 1.21. The fraction of sp³-hybridized carbons (Fsp3) is 0.105. The third-order valence-electron chi connectivity index (χ3n) is 3.57. The molecule has 1 heterocycles. The molecule has 1 aliphatic heterocycles. The number of aromatic hydroxyl groups is 1. The van der Waals surface area contributed by atoms with Crippen LogP contribution < -0.4 is 10.1 Å². The highest BCUT2D eigenvalue weighted by molar-refractivity contribution is 8.18. The van der Waals surface area contributed by atoms with E-state index in [4.69, 9.17) is 9.84 Å². The van der Waals surface area contributed by atoms with Gasteiger partial charge in [-0.2, -0.15) is 0 Å². The summed E-state index contributed by atoms with van der Waals surface area (Å²) in [7, 11) is 0. The van der Waals surface area contributed by atoms with Gasteiger partial charge in [-0.1, -0.05) is 12.1 Å². The van der Waals surface area contributed by atoms with E-state index in [1.165, 1.54) is 30.8 Å². The van der Waals surface area contributed by atoms with Gasteiger partial charge in [-0.25, -0.2) is 9.79 Å². The molecular weight excluding hydrogens is 368 g/mol. The van der Waals surface area contributed by atoms with Crippen LogP contribution in [0.4, 0.5) is 5.69 Å². The number of hydrogen-bond acceptors (Lipinski definition) is 6. The Morgan fingerprint density at radius 1 is 1.19 bits per heavy atom. The summed E-state index contributed by atoms with van der Waals surface area (Å²) in [5.41, 5.74) is 1.39. The Morgan fingerprint density at radius 2 is 1.85 bits per heavy atom. The van der Waals surface area contributed by atoms with Crippen molar-refractivity contribution < 1.29 is 24.5 Å². The second-order valence-corrected chi connectivity index (χ2v) is 6.70. The molecule has 3 N–H and O–H groups in total. The summed E-state index contributed by atoms with van der Waals surface area (Å²) in [6, 6.07) is 13.1. The van der Waals surface area contributed by atoms with E-state index in [-0.39, 0.29) is 11.7 Å². The van der Waals surface area contributed by atoms with E-state index in [1.54, 1.807) is 42.5 Å². The van der Waals surface area contributed by atoms with Crippen LogP contribution in [-0.4, -0.2) is 33.4 Å². The van der Waals surface area contributed by atoms with E-state index in [9.17, 15) is 14.7 Å². The van der Waals surface area contributed by atoms with Crippen LogP contribution in [0, 0.1) is 0 Å². The van der Waals surface area contributed by atoms with Gasteiger partial charge in [0.05, 0.1) is 10.6 Å². The van der Waals surface area contributed by atoms with Crippen LogP contribution in [-0.2, 0) is 9.59 Å². The van der Waals surface area contributed by atoms with Crippen molar-refractivity contribution in [1.29, 1.82) is 0 Å². The Kier molecular flexibility index (Phi) is 5.46. The monoisotopic (exact) mass is 384 g/mol. The van der Waals surface area contributed by atoms with Gasteiger partial charge in [-0.3, -0.25) is 4.79 Å². The molecule has 1 fully saturated rings. The summed E-state index contributed by atoms with van der Waals surface area (Å²) in [5, 5.41) is 21.3. The highest BCUT2D eigenvalue weighted by atomic mass is 32.2. The first-order valence-electron chi connectivity index (χ1n) is 7.99. The van der Waals surface area contributed by atoms with Crippen molar-refractivity contribution in [2.45, 2.75) is 13.0 Å². The van der Waals surface area contributed by atoms with Crippen LogP contribution in [0.3, 0.4) is 0 Å². The summed E-state index contributed by atoms with van der Waals surface area (Å²) < 4.78 is 5.27. The lowest BCUT2D eigenvalue weighted by Crippen LogP contribution is -2.22. The molecular formula is C19H16N2O5S. The molecule has 2 aromatic carbocycles. The Hall–Kier alpha value is -3.26. The molecule has 1 aliphatic rings. The van der Waals surface area contributed by atoms with E-state index in [2.05, 4.69) is 10.3 Å². The van der Waals surface area contributed by atoms with Crippen molar-refractivity contribution in [3.05, 3.63) is 59.0 Å². The van der Waals surface area contributed by atoms with Crippen molar-refractivity contribution in [2.24, 2.45) is 4.99 Å². The average Bonchev–Trinajstić information content (AvgIpc) is 2.97. The molecule has 8 heteroatoms. The molecule has 7 nitrogen and oxygen atoms in total. The third kappa shape index (κ3) is 4.89. The average molecular weight is 384 g/mol. The number of carbonyl (C=O) groups is 2. The number of amides is 1. The Balaban J connectivity index is 1.70. The number of hydrogen-bond donors (Lipinski definition) is 3. The number of aliphatic carboxylic acids is 1. The van der Waals surface area contributed by atoms with Crippen molar-refractivity contribution in [2.75, 3.05) is 0 Å². The zero-order chi connectivity index (χ0) is 19.4. The van der Waals surface area contributed by atoms with Crippen LogP contribution in [0.2, 0.25) is 0 Å². The van der Waals surface area contributed by atoms with Crippen molar-refractivity contribution in [1.82, 2.24) is 5.32 Å². The SMILES string of the molecule is CC(Oc1ccc(/C=C2\SC(=Nc3ccc(O)cc3)NC2=O)cc1)C(=O)O. The standard InChI is InChI=1S/C19H16N2O5S/c1-11(18(24)25)26-15-8-2-12(3-9-15)10-16-17(23)21-19(27-16)20-13-4-6-14(22)7-5-13/h2-11,22H,1H3,(H,24,25)(H,20,21,23)/b16-10-. The zero-order valence-corrected chi connectivity index (χ0v) is 15.1. The van der Waals surface area contributed by atoms with Crippen molar-refractivity contribution >= 4 is 40.6 Å². The number of aliphatic imine (C=N–C) groups is 1. The summed E-state index contributed by atoms with van der Waals surface area (Å²) in [6.07, 6.45) is 0.771. The number of carboxylic acids is 1. The van der Waals surface area contributed by atoms with Crippen molar-refractivity contribution in [3.63, 3.8) is 0 Å². The van der Waals surface area contributed by atoms with Crippen LogP contribution in [0.25, 0.3) is 6.08 Å². The largest absolute Gasteiger partial charge is 0.508 e. The Labute approximate surface area is 159 Å². The minimum absolute atomic E-state index is 0.146. The highest BCUT2D eigenvalue weighted by Gasteiger charge is 2.23. The van der Waals surface area contributed by atoms with E-state index < -0.39 is 12.1 Å². The van der Waals surface area contributed by atoms with E-state index in [0.29, 0.717) is 21.5 Å². The molecule has 0 saturated carbocycles. The lowest BCUT2D eigenvalue weighted by Gasteiger charge is -2.10. The van der Waals surface area contributed by atoms with Gasteiger partial charge < -0.3 is 20.3 Å². The molecule has 0 aliphatic carbocycles. The van der Waals surface area contributed by atoms with Gasteiger partial charge in [-0.05, 0) is 66.7 Å². The molecule has 138 valence electrons. The zero-order valence-electron chi connectivity index (χ0n) is 14.2. The number of ether oxygens (including phenoxy) is 1. The number of rotatable bonds is 5. The van der Waals surface area contributed by atoms with E-state index in [1.807, 2.05) is 0 Å². The normalized spacial score (nSPS) is 17.7. The fourth-order valence-electron chi connectivity index (χ4n) is 2.17. The first-order valence-corrected chi connectivity index (χ1v) is 8.80. The molecule has 0 radical (unpaired) electrons. The summed E-state index contributed by atoms with van der Waals surface area (Å²) in [6.45, 7) is 1.45. The topological polar surface area (TPSA) is 108 Å². The highest BCUT2D eigenvalue weighted by Crippen LogP contribution is 2.29. The molecule has 0 aromatic heterocycles. The number of carboxylic acid groups (broad SMARTS) is 1. The van der Waals surface area contributed by atoms with Gasteiger partial charge in [0, 0.05) is 0 Å². The number of nitrogens with zero attached hydrogens (tertiary/aromatic N) is 1. The molecule has 27 heavy (non-hydrogen) atoms.